The molecule has 0 aromatic carbocycles. The molecule has 3 heterocycles. The minimum atomic E-state index is 0.141. The second-order valence-corrected chi connectivity index (χ2v) is 5.37. The van der Waals surface area contributed by atoms with E-state index < -0.39 is 0 Å². The summed E-state index contributed by atoms with van der Waals surface area (Å²) in [6.07, 6.45) is 6.67. The van der Waals surface area contributed by atoms with Crippen LogP contribution in [0.5, 0.6) is 0 Å². The Labute approximate surface area is 107 Å². The Bertz CT molecular complexity index is 552. The monoisotopic (exact) mass is 244 g/mol. The molecule has 1 unspecified atom stereocenters. The highest BCUT2D eigenvalue weighted by Crippen LogP contribution is 2.31. The lowest BCUT2D eigenvalue weighted by atomic mass is 9.80. The average Bonchev–Trinajstić information content (AvgIpc) is 2.86. The van der Waals surface area contributed by atoms with E-state index in [-0.39, 0.29) is 5.41 Å². The number of nitrogens with zero attached hydrogens (tertiary/aromatic N) is 2. The molecule has 4 heteroatoms. The Kier molecular flexibility index (Phi) is 2.74. The Morgan fingerprint density at radius 1 is 1.50 bits per heavy atom. The molecule has 2 aromatic heterocycles. The predicted molar refractivity (Wildman–Crippen MR) is 74.2 cm³/mol. The van der Waals surface area contributed by atoms with Crippen LogP contribution in [0, 0.1) is 0 Å². The first-order valence-corrected chi connectivity index (χ1v) is 6.60. The molecule has 0 amide bonds. The fraction of sp³-hybridized carbons (Fsp3) is 0.500. The van der Waals surface area contributed by atoms with Gasteiger partial charge in [-0.3, -0.25) is 0 Å². The summed E-state index contributed by atoms with van der Waals surface area (Å²) in [6, 6.07) is 4.15. The van der Waals surface area contributed by atoms with E-state index in [1.807, 2.05) is 7.05 Å². The molecule has 1 aliphatic heterocycles. The van der Waals surface area contributed by atoms with Crippen LogP contribution >= 0.6 is 0 Å². The molecule has 0 bridgehead atoms. The summed E-state index contributed by atoms with van der Waals surface area (Å²) in [7, 11) is 1.93. The zero-order chi connectivity index (χ0) is 12.6. The summed E-state index contributed by atoms with van der Waals surface area (Å²) >= 11 is 0. The molecule has 4 nitrogen and oxygen atoms in total. The van der Waals surface area contributed by atoms with Gasteiger partial charge in [0.2, 0.25) is 0 Å². The van der Waals surface area contributed by atoms with Crippen molar-refractivity contribution in [3.05, 3.63) is 30.2 Å². The number of rotatable bonds is 2. The number of nitrogens with one attached hydrogen (secondary N) is 2. The number of piperidine rings is 1. The lowest BCUT2D eigenvalue weighted by Gasteiger charge is -2.33. The van der Waals surface area contributed by atoms with E-state index in [0.717, 1.165) is 24.4 Å². The fourth-order valence-corrected chi connectivity index (χ4v) is 2.80. The average molecular weight is 244 g/mol. The van der Waals surface area contributed by atoms with Crippen LogP contribution in [-0.4, -0.2) is 29.5 Å². The van der Waals surface area contributed by atoms with Crippen molar-refractivity contribution in [2.75, 3.05) is 25.5 Å². The van der Waals surface area contributed by atoms with Crippen molar-refractivity contribution < 1.29 is 0 Å². The third-order valence-corrected chi connectivity index (χ3v) is 3.97. The van der Waals surface area contributed by atoms with Gasteiger partial charge in [0.15, 0.2) is 0 Å². The molecule has 18 heavy (non-hydrogen) atoms. The van der Waals surface area contributed by atoms with Crippen LogP contribution in [0.4, 0.5) is 5.82 Å². The van der Waals surface area contributed by atoms with Crippen LogP contribution in [0.3, 0.4) is 0 Å². The molecule has 1 atom stereocenters. The SMILES string of the molecule is CNc1nc(C2(C)CCCNC2)cn2cccc12. The number of hydrogen-bond donors (Lipinski definition) is 2. The number of fused-ring (bicyclic) bond motifs is 1. The van der Waals surface area contributed by atoms with Crippen LogP contribution in [0.1, 0.15) is 25.5 Å². The maximum Gasteiger partial charge on any atom is 0.150 e. The van der Waals surface area contributed by atoms with Crippen LogP contribution in [0.2, 0.25) is 0 Å². The molecule has 0 radical (unpaired) electrons. The van der Waals surface area contributed by atoms with Crippen molar-refractivity contribution in [2.24, 2.45) is 0 Å². The molecule has 2 aromatic rings. The third-order valence-electron chi connectivity index (χ3n) is 3.97. The van der Waals surface area contributed by atoms with Crippen molar-refractivity contribution in [3.63, 3.8) is 0 Å². The smallest absolute Gasteiger partial charge is 0.150 e. The maximum absolute atomic E-state index is 4.82. The molecule has 1 fully saturated rings. The quantitative estimate of drug-likeness (QED) is 0.849. The highest BCUT2D eigenvalue weighted by atomic mass is 15.0. The predicted octanol–water partition coefficient (Wildman–Crippen LogP) is 2.02. The summed E-state index contributed by atoms with van der Waals surface area (Å²) in [5.74, 6) is 0.962. The highest BCUT2D eigenvalue weighted by molar-refractivity contribution is 5.68. The Hall–Kier alpha value is -1.55. The zero-order valence-electron chi connectivity index (χ0n) is 11.0. The minimum absolute atomic E-state index is 0.141. The second kappa shape index (κ2) is 4.28. The van der Waals surface area contributed by atoms with Gasteiger partial charge in [0.05, 0.1) is 11.2 Å². The van der Waals surface area contributed by atoms with Crippen molar-refractivity contribution in [2.45, 2.75) is 25.2 Å². The Morgan fingerprint density at radius 2 is 2.39 bits per heavy atom. The van der Waals surface area contributed by atoms with Gasteiger partial charge in [-0.1, -0.05) is 6.92 Å². The molecule has 1 saturated heterocycles. The van der Waals surface area contributed by atoms with Gasteiger partial charge in [0.25, 0.3) is 0 Å². The molecule has 3 rings (SSSR count). The van der Waals surface area contributed by atoms with Crippen LogP contribution in [-0.2, 0) is 5.41 Å². The van der Waals surface area contributed by atoms with Gasteiger partial charge in [-0.05, 0) is 31.5 Å². The second-order valence-electron chi connectivity index (χ2n) is 5.37. The van der Waals surface area contributed by atoms with Gasteiger partial charge >= 0.3 is 0 Å². The number of aromatic nitrogens is 2. The first-order chi connectivity index (χ1) is 8.73. The first kappa shape index (κ1) is 11.5. The van der Waals surface area contributed by atoms with E-state index in [9.17, 15) is 0 Å². The summed E-state index contributed by atoms with van der Waals surface area (Å²) in [5.41, 5.74) is 2.44. The van der Waals surface area contributed by atoms with E-state index in [2.05, 4.69) is 46.5 Å². The van der Waals surface area contributed by atoms with Gasteiger partial charge in [0.1, 0.15) is 5.82 Å². The molecular weight excluding hydrogens is 224 g/mol. The summed E-state index contributed by atoms with van der Waals surface area (Å²) < 4.78 is 2.16. The molecule has 0 saturated carbocycles. The van der Waals surface area contributed by atoms with Crippen molar-refractivity contribution in [1.82, 2.24) is 14.7 Å². The van der Waals surface area contributed by atoms with Crippen molar-refractivity contribution >= 4 is 11.3 Å². The van der Waals surface area contributed by atoms with E-state index in [0.29, 0.717) is 0 Å². The molecular formula is C14H20N4. The lowest BCUT2D eigenvalue weighted by Crippen LogP contribution is -2.41. The highest BCUT2D eigenvalue weighted by Gasteiger charge is 2.31. The van der Waals surface area contributed by atoms with E-state index in [1.165, 1.54) is 18.5 Å². The normalized spacial score (nSPS) is 24.3. The number of hydrogen-bond acceptors (Lipinski definition) is 3. The lowest BCUT2D eigenvalue weighted by molar-refractivity contribution is 0.331. The minimum Gasteiger partial charge on any atom is -0.371 e. The van der Waals surface area contributed by atoms with Crippen LogP contribution in [0.25, 0.3) is 5.52 Å². The molecule has 0 spiro atoms. The van der Waals surface area contributed by atoms with E-state index in [4.69, 9.17) is 4.98 Å². The van der Waals surface area contributed by atoms with Gasteiger partial charge in [0, 0.05) is 31.4 Å². The topological polar surface area (TPSA) is 41.4 Å². The number of anilines is 1. The summed E-state index contributed by atoms with van der Waals surface area (Å²) in [6.45, 7) is 4.44. The third kappa shape index (κ3) is 1.77. The molecule has 1 aliphatic rings. The maximum atomic E-state index is 4.82. The van der Waals surface area contributed by atoms with E-state index in [1.54, 1.807) is 0 Å². The van der Waals surface area contributed by atoms with Gasteiger partial charge in [-0.25, -0.2) is 4.98 Å². The zero-order valence-corrected chi connectivity index (χ0v) is 11.0. The largest absolute Gasteiger partial charge is 0.371 e. The standard InChI is InChI=1S/C14H20N4/c1-14(6-4-7-16-10-14)12-9-18-8-3-5-11(18)13(15-2)17-12/h3,5,8-9,16H,4,6-7,10H2,1-2H3,(H,15,17). The summed E-state index contributed by atoms with van der Waals surface area (Å²) in [4.78, 5) is 4.82. The first-order valence-electron chi connectivity index (χ1n) is 6.60. The van der Waals surface area contributed by atoms with Crippen LogP contribution in [0.15, 0.2) is 24.5 Å². The Morgan fingerprint density at radius 3 is 3.11 bits per heavy atom. The van der Waals surface area contributed by atoms with Crippen molar-refractivity contribution in [1.29, 1.82) is 0 Å². The fourth-order valence-electron chi connectivity index (χ4n) is 2.80. The van der Waals surface area contributed by atoms with Crippen LogP contribution < -0.4 is 10.6 Å². The van der Waals surface area contributed by atoms with Crippen molar-refractivity contribution in [3.8, 4) is 0 Å². The van der Waals surface area contributed by atoms with E-state index >= 15 is 0 Å². The Balaban J connectivity index is 2.10. The molecule has 96 valence electrons. The van der Waals surface area contributed by atoms with Gasteiger partial charge in [-0.2, -0.15) is 0 Å². The molecule has 2 N–H and O–H groups in total. The molecule has 0 aliphatic carbocycles. The van der Waals surface area contributed by atoms with Gasteiger partial charge in [-0.15, -0.1) is 0 Å². The summed E-state index contributed by atoms with van der Waals surface area (Å²) in [5, 5.41) is 6.68. The van der Waals surface area contributed by atoms with Gasteiger partial charge < -0.3 is 15.0 Å².